The highest BCUT2D eigenvalue weighted by Gasteiger charge is 2.30. The first-order valence-electron chi connectivity index (χ1n) is 24.0. The Bertz CT molecular complexity index is 2210. The first-order valence-corrected chi connectivity index (χ1v) is 24.0. The van der Waals surface area contributed by atoms with Crippen molar-refractivity contribution < 1.29 is 0 Å². The third kappa shape index (κ3) is 12.8. The van der Waals surface area contributed by atoms with Crippen LogP contribution in [0.15, 0.2) is 164 Å². The van der Waals surface area contributed by atoms with Gasteiger partial charge in [0.25, 0.3) is 0 Å². The van der Waals surface area contributed by atoms with Crippen LogP contribution in [-0.4, -0.2) is 33.1 Å². The summed E-state index contributed by atoms with van der Waals surface area (Å²) in [6, 6.07) is 57.9. The summed E-state index contributed by atoms with van der Waals surface area (Å²) in [6.07, 6.45) is 3.71. The first kappa shape index (κ1) is 47.3. The number of rotatable bonds is 21. The number of nitrogens with one attached hydrogen (secondary N) is 2. The van der Waals surface area contributed by atoms with Gasteiger partial charge in [-0.3, -0.25) is 0 Å². The number of nitrogens with zero attached hydrogens (tertiary/aromatic N) is 6. The Morgan fingerprint density at radius 3 is 0.924 bits per heavy atom. The largest absolute Gasteiger partial charge is 0.356 e. The van der Waals surface area contributed by atoms with Gasteiger partial charge in [-0.05, 0) is 160 Å². The average molecular weight is 879 g/mol. The molecule has 1 heterocycles. The predicted molar refractivity (Wildman–Crippen MR) is 281 cm³/mol. The molecule has 342 valence electrons. The van der Waals surface area contributed by atoms with E-state index in [0.717, 1.165) is 65.5 Å². The van der Waals surface area contributed by atoms with Crippen molar-refractivity contribution in [3.8, 4) is 0 Å². The number of hydrogen-bond acceptors (Lipinski definition) is 8. The fraction of sp³-hybridized carbons (Fsp3) is 0.328. The normalized spacial score (nSPS) is 12.8. The van der Waals surface area contributed by atoms with Gasteiger partial charge in [0.05, 0.1) is 0 Å². The van der Waals surface area contributed by atoms with Crippen LogP contribution in [-0.2, 0) is 6.42 Å². The fourth-order valence-corrected chi connectivity index (χ4v) is 9.12. The number of aromatic nitrogens is 3. The van der Waals surface area contributed by atoms with Crippen molar-refractivity contribution in [3.63, 3.8) is 0 Å². The van der Waals surface area contributed by atoms with E-state index in [9.17, 15) is 0 Å². The van der Waals surface area contributed by atoms with Gasteiger partial charge in [0.15, 0.2) is 0 Å². The maximum absolute atomic E-state index is 5.56. The summed E-state index contributed by atoms with van der Waals surface area (Å²) in [5, 5.41) is 7.14. The van der Waals surface area contributed by atoms with Crippen molar-refractivity contribution in [1.82, 2.24) is 15.0 Å². The van der Waals surface area contributed by atoms with Gasteiger partial charge in [-0.15, -0.1) is 0 Å². The predicted octanol–water partition coefficient (Wildman–Crippen LogP) is 15.7. The molecule has 0 bridgehead atoms. The second-order valence-electron chi connectivity index (χ2n) is 19.2. The number of para-hydroxylation sites is 2. The summed E-state index contributed by atoms with van der Waals surface area (Å²) in [5.74, 6) is 3.23. The molecule has 0 aliphatic rings. The van der Waals surface area contributed by atoms with Gasteiger partial charge < -0.3 is 25.3 Å². The highest BCUT2D eigenvalue weighted by molar-refractivity contribution is 5.71. The molecule has 0 spiro atoms. The summed E-state index contributed by atoms with van der Waals surface area (Å²) >= 11 is 0. The molecule has 6 aromatic carbocycles. The zero-order valence-corrected chi connectivity index (χ0v) is 40.6. The standard InChI is InChI=1S/C58H70N8/c1-41(2)37-44(7)64(53-31-25-48(26-32-53)40-47-19-13-10-14-20-47)56-61-57(65(45(8)38-42(3)4)54-33-27-51(28-34-54)59-49-21-15-11-16-22-49)63-58(62-56)66(46(9)39-43(5)6)55-35-29-52(30-36-55)60-50-23-17-12-18-24-50/h10-36,41-46,59-60H,37-40H2,1-9H3. The van der Waals surface area contributed by atoms with Gasteiger partial charge in [-0.2, -0.15) is 15.0 Å². The molecule has 2 N–H and O–H groups in total. The van der Waals surface area contributed by atoms with Gasteiger partial charge in [0.2, 0.25) is 17.8 Å². The maximum Gasteiger partial charge on any atom is 0.236 e. The lowest BCUT2D eigenvalue weighted by Crippen LogP contribution is -2.37. The van der Waals surface area contributed by atoms with Gasteiger partial charge in [-0.25, -0.2) is 0 Å². The lowest BCUT2D eigenvalue weighted by molar-refractivity contribution is 0.500. The maximum atomic E-state index is 5.56. The first-order chi connectivity index (χ1) is 31.9. The molecule has 0 amide bonds. The summed E-state index contributed by atoms with van der Waals surface area (Å²) < 4.78 is 0. The molecule has 66 heavy (non-hydrogen) atoms. The van der Waals surface area contributed by atoms with E-state index in [4.69, 9.17) is 15.0 Å². The minimum Gasteiger partial charge on any atom is -0.356 e. The van der Waals surface area contributed by atoms with E-state index >= 15 is 0 Å². The van der Waals surface area contributed by atoms with Crippen LogP contribution in [0.3, 0.4) is 0 Å². The van der Waals surface area contributed by atoms with Crippen molar-refractivity contribution in [1.29, 1.82) is 0 Å². The highest BCUT2D eigenvalue weighted by atomic mass is 15.4. The number of hydrogen-bond donors (Lipinski definition) is 2. The van der Waals surface area contributed by atoms with Crippen molar-refractivity contribution in [2.24, 2.45) is 17.8 Å². The number of anilines is 10. The van der Waals surface area contributed by atoms with Gasteiger partial charge in [0.1, 0.15) is 0 Å². The van der Waals surface area contributed by atoms with Crippen LogP contribution in [0.5, 0.6) is 0 Å². The zero-order valence-electron chi connectivity index (χ0n) is 40.6. The molecule has 0 saturated heterocycles. The molecule has 8 nitrogen and oxygen atoms in total. The topological polar surface area (TPSA) is 72.5 Å². The van der Waals surface area contributed by atoms with Crippen LogP contribution in [0.25, 0.3) is 0 Å². The van der Waals surface area contributed by atoms with Crippen LogP contribution in [0.1, 0.15) is 92.7 Å². The van der Waals surface area contributed by atoms with Gasteiger partial charge in [-0.1, -0.05) is 120 Å². The third-order valence-electron chi connectivity index (χ3n) is 11.9. The third-order valence-corrected chi connectivity index (χ3v) is 11.9. The second kappa shape index (κ2) is 22.5. The minimum absolute atomic E-state index is 0.0738. The molecular formula is C58H70N8. The second-order valence-corrected chi connectivity index (χ2v) is 19.2. The van der Waals surface area contributed by atoms with E-state index in [2.05, 4.69) is 215 Å². The summed E-state index contributed by atoms with van der Waals surface area (Å²) in [6.45, 7) is 20.6. The molecule has 7 aromatic rings. The van der Waals surface area contributed by atoms with E-state index in [-0.39, 0.29) is 18.1 Å². The SMILES string of the molecule is CC(C)CC(C)N(c1ccc(Cc2ccccc2)cc1)c1nc(N(c2ccc(Nc3ccccc3)cc2)C(C)CC(C)C)nc(N(c2ccc(Nc3ccccc3)cc2)C(C)CC(C)C)n1. The van der Waals surface area contributed by atoms with E-state index < -0.39 is 0 Å². The van der Waals surface area contributed by atoms with Crippen LogP contribution in [0, 0.1) is 17.8 Å². The summed E-state index contributed by atoms with van der Waals surface area (Å²) in [5.41, 5.74) is 9.78. The molecule has 1 aromatic heterocycles. The lowest BCUT2D eigenvalue weighted by Gasteiger charge is -2.36. The minimum atomic E-state index is 0.0738. The van der Waals surface area contributed by atoms with E-state index in [1.807, 2.05) is 36.4 Å². The summed E-state index contributed by atoms with van der Waals surface area (Å²) in [4.78, 5) is 23.7. The number of benzene rings is 6. The molecule has 0 aliphatic heterocycles. The highest BCUT2D eigenvalue weighted by Crippen LogP contribution is 2.38. The smallest absolute Gasteiger partial charge is 0.236 e. The van der Waals surface area contributed by atoms with Crippen LogP contribution in [0.4, 0.5) is 57.7 Å². The van der Waals surface area contributed by atoms with E-state index in [1.54, 1.807) is 0 Å². The van der Waals surface area contributed by atoms with Crippen molar-refractivity contribution in [2.75, 3.05) is 25.3 Å². The molecule has 0 fully saturated rings. The fourth-order valence-electron chi connectivity index (χ4n) is 9.12. The van der Waals surface area contributed by atoms with Crippen molar-refractivity contribution in [3.05, 3.63) is 175 Å². The van der Waals surface area contributed by atoms with Gasteiger partial charge in [0, 0.05) is 57.9 Å². The Hall–Kier alpha value is -6.67. The molecule has 0 saturated carbocycles. The Morgan fingerprint density at radius 1 is 0.333 bits per heavy atom. The van der Waals surface area contributed by atoms with Crippen molar-refractivity contribution in [2.45, 2.75) is 106 Å². The molecule has 3 unspecified atom stereocenters. The average Bonchev–Trinajstić information content (AvgIpc) is 3.29. The molecule has 8 heteroatoms. The molecular weight excluding hydrogens is 809 g/mol. The summed E-state index contributed by atoms with van der Waals surface area (Å²) in [7, 11) is 0. The molecule has 7 rings (SSSR count). The van der Waals surface area contributed by atoms with Gasteiger partial charge >= 0.3 is 0 Å². The molecule has 0 aliphatic carbocycles. The van der Waals surface area contributed by atoms with Crippen molar-refractivity contribution >= 4 is 57.7 Å². The van der Waals surface area contributed by atoms with E-state index in [0.29, 0.717) is 35.6 Å². The van der Waals surface area contributed by atoms with Crippen LogP contribution >= 0.6 is 0 Å². The molecule has 3 atom stereocenters. The van der Waals surface area contributed by atoms with E-state index in [1.165, 1.54) is 11.1 Å². The Labute approximate surface area is 395 Å². The Morgan fingerprint density at radius 2 is 0.606 bits per heavy atom. The zero-order chi connectivity index (χ0) is 46.6. The quantitative estimate of drug-likeness (QED) is 0.0740. The van der Waals surface area contributed by atoms with Crippen LogP contribution < -0.4 is 25.3 Å². The Kier molecular flexibility index (Phi) is 16.1. The monoisotopic (exact) mass is 879 g/mol. The molecule has 0 radical (unpaired) electrons. The van der Waals surface area contributed by atoms with Crippen LogP contribution in [0.2, 0.25) is 0 Å². The Balaban J connectivity index is 1.39. The lowest BCUT2D eigenvalue weighted by atomic mass is 10.0.